The normalized spacial score (nSPS) is 10.3. The Labute approximate surface area is 111 Å². The first kappa shape index (κ1) is 12.5. The van der Waals surface area contributed by atoms with Gasteiger partial charge in [0.2, 0.25) is 0 Å². The fourth-order valence-corrected chi connectivity index (χ4v) is 1.62. The van der Waals surface area contributed by atoms with Crippen LogP contribution in [0.2, 0.25) is 10.0 Å². The Kier molecular flexibility index (Phi) is 3.31. The Balaban J connectivity index is 2.24. The van der Waals surface area contributed by atoms with Crippen molar-refractivity contribution in [2.45, 2.75) is 0 Å². The lowest BCUT2D eigenvalue weighted by atomic mass is 10.3. The number of nitrogen functional groups attached to an aromatic ring is 1. The van der Waals surface area contributed by atoms with E-state index in [1.807, 2.05) is 0 Å². The van der Waals surface area contributed by atoms with Crippen LogP contribution in [0.1, 0.15) is 0 Å². The molecule has 4 N–H and O–H groups in total. The molecular formula is C10H8Cl2N4O2. The van der Waals surface area contributed by atoms with Gasteiger partial charge in [0.25, 0.3) is 5.56 Å². The number of nitrogens with zero attached hydrogens (tertiary/aromatic N) is 1. The summed E-state index contributed by atoms with van der Waals surface area (Å²) in [6.45, 7) is 0. The lowest BCUT2D eigenvalue weighted by molar-refractivity contribution is 0.250. The highest BCUT2D eigenvalue weighted by Gasteiger charge is 2.10. The van der Waals surface area contributed by atoms with E-state index >= 15 is 0 Å². The SMILES string of the molecule is Nc1cc(=O)n(C(=O)Nc2ccc(Cl)c(Cl)c2)[nH]1. The van der Waals surface area contributed by atoms with Crippen LogP contribution in [0, 0.1) is 0 Å². The predicted octanol–water partition coefficient (Wildman–Crippen LogP) is 2.15. The molecule has 1 aromatic carbocycles. The van der Waals surface area contributed by atoms with Crippen LogP contribution in [-0.2, 0) is 0 Å². The third-order valence-electron chi connectivity index (χ3n) is 2.11. The van der Waals surface area contributed by atoms with Crippen molar-refractivity contribution in [2.24, 2.45) is 0 Å². The maximum absolute atomic E-state index is 11.7. The number of benzene rings is 1. The highest BCUT2D eigenvalue weighted by molar-refractivity contribution is 6.42. The van der Waals surface area contributed by atoms with Crippen molar-refractivity contribution >= 4 is 40.7 Å². The second kappa shape index (κ2) is 4.75. The van der Waals surface area contributed by atoms with Crippen LogP contribution in [-0.4, -0.2) is 15.8 Å². The van der Waals surface area contributed by atoms with Crippen LogP contribution in [0.25, 0.3) is 0 Å². The van der Waals surface area contributed by atoms with E-state index in [9.17, 15) is 9.59 Å². The molecule has 0 bridgehead atoms. The number of carbonyl (C=O) groups is 1. The van der Waals surface area contributed by atoms with E-state index in [1.165, 1.54) is 12.1 Å². The van der Waals surface area contributed by atoms with Gasteiger partial charge >= 0.3 is 6.03 Å². The number of aromatic amines is 1. The molecule has 1 amide bonds. The van der Waals surface area contributed by atoms with Crippen molar-refractivity contribution < 1.29 is 4.79 Å². The predicted molar refractivity (Wildman–Crippen MR) is 70.3 cm³/mol. The zero-order chi connectivity index (χ0) is 13.3. The summed E-state index contributed by atoms with van der Waals surface area (Å²) in [6.07, 6.45) is 0. The smallest absolute Gasteiger partial charge is 0.348 e. The number of nitrogens with two attached hydrogens (primary N) is 1. The molecule has 0 saturated heterocycles. The maximum Gasteiger partial charge on any atom is 0.348 e. The van der Waals surface area contributed by atoms with Gasteiger partial charge < -0.3 is 11.1 Å². The third-order valence-corrected chi connectivity index (χ3v) is 2.85. The number of hydrogen-bond donors (Lipinski definition) is 3. The number of halogens is 2. The maximum atomic E-state index is 11.7. The van der Waals surface area contributed by atoms with Crippen LogP contribution in [0.3, 0.4) is 0 Å². The second-order valence-electron chi connectivity index (χ2n) is 3.44. The number of rotatable bonds is 1. The first-order valence-electron chi connectivity index (χ1n) is 4.81. The van der Waals surface area contributed by atoms with Gasteiger partial charge in [-0.3, -0.25) is 9.89 Å². The first-order valence-corrected chi connectivity index (χ1v) is 5.57. The topological polar surface area (TPSA) is 92.9 Å². The first-order chi connectivity index (χ1) is 8.47. The van der Waals surface area contributed by atoms with Gasteiger partial charge in [-0.25, -0.2) is 4.79 Å². The number of amides is 1. The van der Waals surface area contributed by atoms with Crippen LogP contribution in [0.5, 0.6) is 0 Å². The summed E-state index contributed by atoms with van der Waals surface area (Å²) in [6, 6.07) is 5.00. The average Bonchev–Trinajstić information content (AvgIpc) is 2.63. The number of carbonyl (C=O) groups excluding carboxylic acids is 1. The Hall–Kier alpha value is -1.92. The Bertz CT molecular complexity index is 662. The number of H-pyrrole nitrogens is 1. The molecule has 0 spiro atoms. The van der Waals surface area contributed by atoms with Crippen LogP contribution in [0.4, 0.5) is 16.3 Å². The summed E-state index contributed by atoms with van der Waals surface area (Å²) in [5, 5.41) is 5.55. The number of anilines is 2. The molecule has 18 heavy (non-hydrogen) atoms. The lowest BCUT2D eigenvalue weighted by Gasteiger charge is -2.05. The molecule has 94 valence electrons. The molecule has 0 fully saturated rings. The quantitative estimate of drug-likeness (QED) is 0.750. The summed E-state index contributed by atoms with van der Waals surface area (Å²) in [7, 11) is 0. The van der Waals surface area contributed by atoms with Crippen molar-refractivity contribution in [1.29, 1.82) is 0 Å². The third kappa shape index (κ3) is 2.49. The molecule has 0 aliphatic carbocycles. The second-order valence-corrected chi connectivity index (χ2v) is 4.26. The monoisotopic (exact) mass is 286 g/mol. The standard InChI is InChI=1S/C10H8Cl2N4O2/c11-6-2-1-5(3-7(6)12)14-10(18)16-9(17)4-8(13)15-16/h1-4,15H,13H2,(H,14,18). The van der Waals surface area contributed by atoms with Gasteiger partial charge in [-0.2, -0.15) is 4.68 Å². The van der Waals surface area contributed by atoms with E-state index in [0.29, 0.717) is 15.7 Å². The summed E-state index contributed by atoms with van der Waals surface area (Å²) < 4.78 is 0.748. The largest absolute Gasteiger partial charge is 0.384 e. The van der Waals surface area contributed by atoms with Gasteiger partial charge in [-0.15, -0.1) is 0 Å². The summed E-state index contributed by atoms with van der Waals surface area (Å²) >= 11 is 11.5. The molecule has 6 nitrogen and oxygen atoms in total. The van der Waals surface area contributed by atoms with E-state index in [0.717, 1.165) is 10.7 Å². The van der Waals surface area contributed by atoms with Gasteiger partial charge in [-0.05, 0) is 18.2 Å². The molecule has 8 heteroatoms. The lowest BCUT2D eigenvalue weighted by Crippen LogP contribution is -2.29. The molecule has 0 aliphatic rings. The number of aromatic nitrogens is 2. The van der Waals surface area contributed by atoms with Gasteiger partial charge in [-0.1, -0.05) is 23.2 Å². The van der Waals surface area contributed by atoms with E-state index in [-0.39, 0.29) is 5.82 Å². The average molecular weight is 287 g/mol. The minimum absolute atomic E-state index is 0.101. The Morgan fingerprint density at radius 3 is 2.56 bits per heavy atom. The van der Waals surface area contributed by atoms with E-state index in [2.05, 4.69) is 10.4 Å². The molecule has 0 unspecified atom stereocenters. The molecule has 1 aromatic heterocycles. The van der Waals surface area contributed by atoms with Gasteiger partial charge in [0.15, 0.2) is 0 Å². The highest BCUT2D eigenvalue weighted by Crippen LogP contribution is 2.24. The molecule has 0 radical (unpaired) electrons. The van der Waals surface area contributed by atoms with E-state index in [1.54, 1.807) is 6.07 Å². The van der Waals surface area contributed by atoms with Gasteiger partial charge in [0, 0.05) is 11.8 Å². The zero-order valence-electron chi connectivity index (χ0n) is 8.91. The Morgan fingerprint density at radius 2 is 2.00 bits per heavy atom. The molecule has 0 aliphatic heterocycles. The van der Waals surface area contributed by atoms with Crippen LogP contribution in [0.15, 0.2) is 29.1 Å². The van der Waals surface area contributed by atoms with Crippen molar-refractivity contribution in [3.63, 3.8) is 0 Å². The van der Waals surface area contributed by atoms with Crippen molar-refractivity contribution in [1.82, 2.24) is 9.78 Å². The van der Waals surface area contributed by atoms with Crippen LogP contribution >= 0.6 is 23.2 Å². The van der Waals surface area contributed by atoms with E-state index in [4.69, 9.17) is 28.9 Å². The fraction of sp³-hybridized carbons (Fsp3) is 0. The van der Waals surface area contributed by atoms with Gasteiger partial charge in [0.05, 0.1) is 10.0 Å². The van der Waals surface area contributed by atoms with Crippen molar-refractivity contribution in [2.75, 3.05) is 11.1 Å². The minimum Gasteiger partial charge on any atom is -0.384 e. The van der Waals surface area contributed by atoms with Crippen molar-refractivity contribution in [3.05, 3.63) is 44.7 Å². The van der Waals surface area contributed by atoms with Crippen molar-refractivity contribution in [3.8, 4) is 0 Å². The Morgan fingerprint density at radius 1 is 1.28 bits per heavy atom. The summed E-state index contributed by atoms with van der Waals surface area (Å²) in [5.74, 6) is 0.101. The molecular weight excluding hydrogens is 279 g/mol. The highest BCUT2D eigenvalue weighted by atomic mass is 35.5. The molecule has 2 aromatic rings. The van der Waals surface area contributed by atoms with Gasteiger partial charge in [0.1, 0.15) is 5.82 Å². The van der Waals surface area contributed by atoms with Crippen LogP contribution < -0.4 is 16.6 Å². The number of nitrogens with one attached hydrogen (secondary N) is 2. The molecule has 0 saturated carbocycles. The molecule has 1 heterocycles. The molecule has 2 rings (SSSR count). The fourth-order valence-electron chi connectivity index (χ4n) is 1.32. The minimum atomic E-state index is -0.671. The zero-order valence-corrected chi connectivity index (χ0v) is 10.4. The number of hydrogen-bond acceptors (Lipinski definition) is 3. The van der Waals surface area contributed by atoms with E-state index < -0.39 is 11.6 Å². The molecule has 0 atom stereocenters. The summed E-state index contributed by atoms with van der Waals surface area (Å²) in [4.78, 5) is 23.1. The summed E-state index contributed by atoms with van der Waals surface area (Å²) in [5.41, 5.74) is 5.22.